The van der Waals surface area contributed by atoms with Gasteiger partial charge in [-0.15, -0.1) is 3.22 Å². The van der Waals surface area contributed by atoms with E-state index in [1.165, 1.54) is 0 Å². The summed E-state index contributed by atoms with van der Waals surface area (Å²) in [7, 11) is 1.97. The smallest absolute Gasteiger partial charge is 0.133 e. The minimum atomic E-state index is 0.0480. The van der Waals surface area contributed by atoms with Gasteiger partial charge in [-0.05, 0) is 5.28 Å². The third-order valence-electron chi connectivity index (χ3n) is 1.81. The fourth-order valence-electron chi connectivity index (χ4n) is 1.25. The predicted molar refractivity (Wildman–Crippen MR) is 50.3 cm³/mol. The third kappa shape index (κ3) is 1.27. The maximum absolute atomic E-state index is 9.26. The Kier molecular flexibility index (Phi) is 2.12. The van der Waals surface area contributed by atoms with Crippen LogP contribution in [-0.2, 0) is 0 Å². The molecule has 3 N–H and O–H groups in total. The van der Waals surface area contributed by atoms with Gasteiger partial charge in [-0.25, -0.2) is 0 Å². The molecular weight excluding hydrogens is 273 g/mol. The second kappa shape index (κ2) is 3.00. The van der Waals surface area contributed by atoms with Crippen LogP contribution in [0.4, 0.5) is 0 Å². The Morgan fingerprint density at radius 2 is 2.50 bits per heavy atom. The fourth-order valence-corrected chi connectivity index (χ4v) is 1.85. The Bertz CT molecular complexity index is 222. The number of fused-ring (bicyclic) bond motifs is 1. The van der Waals surface area contributed by atoms with Gasteiger partial charge in [0.25, 0.3) is 0 Å². The Labute approximate surface area is 84.2 Å². The average molecular weight is 283 g/mol. The number of hydrogen-bond donors (Lipinski definition) is 3. The lowest BCUT2D eigenvalue weighted by molar-refractivity contribution is -0.203. The van der Waals surface area contributed by atoms with E-state index in [1.54, 1.807) is 3.22 Å². The van der Waals surface area contributed by atoms with E-state index in [-0.39, 0.29) is 6.17 Å². The zero-order valence-corrected chi connectivity index (χ0v) is 8.69. The molecule has 68 valence electrons. The molecule has 1 saturated heterocycles. The number of hydrogen-bond acceptors (Lipinski definition) is 6. The van der Waals surface area contributed by atoms with E-state index >= 15 is 0 Å². The van der Waals surface area contributed by atoms with Crippen molar-refractivity contribution in [3.8, 4) is 0 Å². The molecule has 2 aliphatic heterocycles. The molecule has 0 radical (unpaired) electrons. The number of rotatable bonds is 0. The third-order valence-corrected chi connectivity index (χ3v) is 2.78. The van der Waals surface area contributed by atoms with Crippen molar-refractivity contribution >= 4 is 22.9 Å². The van der Waals surface area contributed by atoms with Crippen LogP contribution in [0.2, 0.25) is 0 Å². The van der Waals surface area contributed by atoms with Gasteiger partial charge in [-0.3, -0.25) is 15.9 Å². The summed E-state index contributed by atoms with van der Waals surface area (Å²) in [6.07, 6.45) is 2.01. The topological polar surface area (TPSA) is 54.0 Å². The summed E-state index contributed by atoms with van der Waals surface area (Å²) in [5.74, 6) is 0. The van der Waals surface area contributed by atoms with Gasteiger partial charge in [0.1, 0.15) is 6.17 Å². The van der Waals surface area contributed by atoms with Gasteiger partial charge in [0.15, 0.2) is 0 Å². The summed E-state index contributed by atoms with van der Waals surface area (Å²) in [5.41, 5.74) is 3.75. The van der Waals surface area contributed by atoms with E-state index < -0.39 is 0 Å². The van der Waals surface area contributed by atoms with Gasteiger partial charge in [-0.2, -0.15) is 0 Å². The summed E-state index contributed by atoms with van der Waals surface area (Å²) in [5, 5.41) is 13.4. The van der Waals surface area contributed by atoms with Crippen LogP contribution in [0.15, 0.2) is 11.9 Å². The molecule has 1 atom stereocenters. The highest BCUT2D eigenvalue weighted by molar-refractivity contribution is 14.1. The summed E-state index contributed by atoms with van der Waals surface area (Å²) in [6, 6.07) is 0. The summed E-state index contributed by atoms with van der Waals surface area (Å²) >= 11 is 2.02. The van der Waals surface area contributed by atoms with E-state index in [9.17, 15) is 5.21 Å². The van der Waals surface area contributed by atoms with Crippen LogP contribution >= 0.6 is 22.9 Å². The van der Waals surface area contributed by atoms with Crippen LogP contribution in [0, 0.1) is 0 Å². The Hall–Kier alpha value is -0.0900. The minimum Gasteiger partial charge on any atom is -0.366 e. The van der Waals surface area contributed by atoms with Crippen molar-refractivity contribution in [3.05, 3.63) is 11.9 Å². The van der Waals surface area contributed by atoms with Gasteiger partial charge in [-0.1, -0.05) is 0 Å². The van der Waals surface area contributed by atoms with Crippen LogP contribution in [-0.4, -0.2) is 38.5 Å². The second-order valence-electron chi connectivity index (χ2n) is 2.80. The lowest BCUT2D eigenvalue weighted by Crippen LogP contribution is -2.46. The molecule has 1 unspecified atom stereocenters. The van der Waals surface area contributed by atoms with Crippen molar-refractivity contribution in [2.45, 2.75) is 6.17 Å². The predicted octanol–water partition coefficient (Wildman–Crippen LogP) is -0.577. The SMILES string of the molecule is CN1C=C2NN(O)N(I)C2NC1. The first-order valence-corrected chi connectivity index (χ1v) is 4.51. The van der Waals surface area contributed by atoms with Crippen LogP contribution in [0.3, 0.4) is 0 Å². The fraction of sp³-hybridized carbons (Fsp3) is 0.600. The molecule has 1 fully saturated rings. The summed E-state index contributed by atoms with van der Waals surface area (Å²) in [6.45, 7) is 0.781. The molecule has 0 amide bonds. The molecule has 7 heteroatoms. The van der Waals surface area contributed by atoms with Crippen LogP contribution < -0.4 is 10.7 Å². The van der Waals surface area contributed by atoms with Gasteiger partial charge >= 0.3 is 0 Å². The molecular formula is C5H10IN5O. The number of hydrazine groups is 2. The highest BCUT2D eigenvalue weighted by Crippen LogP contribution is 2.21. The minimum absolute atomic E-state index is 0.0480. The maximum Gasteiger partial charge on any atom is 0.133 e. The Morgan fingerprint density at radius 3 is 3.25 bits per heavy atom. The van der Waals surface area contributed by atoms with Crippen molar-refractivity contribution in [1.29, 1.82) is 0 Å². The normalized spacial score (nSPS) is 31.4. The molecule has 2 heterocycles. The highest BCUT2D eigenvalue weighted by atomic mass is 127. The van der Waals surface area contributed by atoms with E-state index in [1.807, 2.05) is 41.0 Å². The standard InChI is InChI=1S/C5H10IN5O/c1-9-2-4-5(7-3-9)10(6)11(12)8-4/h2,5,7-8,12H,3H2,1H3. The lowest BCUT2D eigenvalue weighted by Gasteiger charge is -2.27. The molecule has 6 nitrogen and oxygen atoms in total. The van der Waals surface area contributed by atoms with Crippen molar-refractivity contribution in [2.24, 2.45) is 0 Å². The first-order valence-electron chi connectivity index (χ1n) is 3.54. The van der Waals surface area contributed by atoms with Gasteiger partial charge in [0.05, 0.1) is 12.4 Å². The van der Waals surface area contributed by atoms with Crippen molar-refractivity contribution in [3.63, 3.8) is 0 Å². The molecule has 2 aliphatic rings. The summed E-state index contributed by atoms with van der Waals surface area (Å²) in [4.78, 5) is 2.00. The van der Waals surface area contributed by atoms with E-state index in [4.69, 9.17) is 0 Å². The molecule has 0 saturated carbocycles. The number of nitrogens with one attached hydrogen (secondary N) is 2. The van der Waals surface area contributed by atoms with E-state index in [0.29, 0.717) is 0 Å². The first kappa shape index (κ1) is 8.51. The highest BCUT2D eigenvalue weighted by Gasteiger charge is 2.35. The Morgan fingerprint density at radius 1 is 1.75 bits per heavy atom. The largest absolute Gasteiger partial charge is 0.366 e. The molecule has 0 bridgehead atoms. The lowest BCUT2D eigenvalue weighted by atomic mass is 10.3. The van der Waals surface area contributed by atoms with Crippen LogP contribution in [0.1, 0.15) is 0 Å². The maximum atomic E-state index is 9.26. The monoisotopic (exact) mass is 283 g/mol. The molecule has 0 spiro atoms. The average Bonchev–Trinajstić information content (AvgIpc) is 2.28. The molecule has 0 aromatic heterocycles. The van der Waals surface area contributed by atoms with E-state index in [2.05, 4.69) is 10.7 Å². The molecule has 12 heavy (non-hydrogen) atoms. The zero-order valence-electron chi connectivity index (χ0n) is 6.53. The first-order chi connectivity index (χ1) is 5.68. The van der Waals surface area contributed by atoms with Gasteiger partial charge in [0, 0.05) is 36.1 Å². The zero-order chi connectivity index (χ0) is 8.72. The van der Waals surface area contributed by atoms with Gasteiger partial charge in [0.2, 0.25) is 0 Å². The molecule has 0 aromatic carbocycles. The Balaban J connectivity index is 2.20. The van der Waals surface area contributed by atoms with Gasteiger partial charge < -0.3 is 4.90 Å². The van der Waals surface area contributed by atoms with Crippen LogP contribution in [0.5, 0.6) is 0 Å². The van der Waals surface area contributed by atoms with Crippen LogP contribution in [0.25, 0.3) is 0 Å². The molecule has 0 aromatic rings. The second-order valence-corrected chi connectivity index (χ2v) is 3.78. The summed E-state index contributed by atoms with van der Waals surface area (Å²) < 4.78 is 1.65. The van der Waals surface area contributed by atoms with Crippen molar-refractivity contribution in [1.82, 2.24) is 24.1 Å². The molecule has 2 rings (SSSR count). The van der Waals surface area contributed by atoms with Crippen molar-refractivity contribution < 1.29 is 5.21 Å². The van der Waals surface area contributed by atoms with E-state index in [0.717, 1.165) is 17.6 Å². The number of nitrogens with zero attached hydrogens (tertiary/aromatic N) is 3. The number of halogens is 1. The van der Waals surface area contributed by atoms with Crippen molar-refractivity contribution in [2.75, 3.05) is 13.7 Å². The quantitative estimate of drug-likeness (QED) is 0.409. The molecule has 0 aliphatic carbocycles.